The smallest absolute Gasteiger partial charge is 0.306 e. The zero-order chi connectivity index (χ0) is 51.4. The van der Waals surface area contributed by atoms with Crippen LogP contribution in [0, 0.1) is 0 Å². The molecule has 0 bridgehead atoms. The molecule has 0 fully saturated rings. The van der Waals surface area contributed by atoms with Crippen molar-refractivity contribution in [2.75, 3.05) is 13.2 Å². The maximum Gasteiger partial charge on any atom is 0.306 e. The van der Waals surface area contributed by atoms with Gasteiger partial charge in [-0.25, -0.2) is 0 Å². The first-order valence-electron chi connectivity index (χ1n) is 29.7. The van der Waals surface area contributed by atoms with Crippen LogP contribution < -0.4 is 0 Å². The molecule has 1 unspecified atom stereocenters. The Morgan fingerprint density at radius 2 is 0.577 bits per heavy atom. The molecule has 0 aromatic heterocycles. The van der Waals surface area contributed by atoms with Crippen LogP contribution in [0.1, 0.15) is 278 Å². The van der Waals surface area contributed by atoms with Gasteiger partial charge in [-0.3, -0.25) is 14.4 Å². The Hall–Kier alpha value is -3.67. The molecule has 0 rings (SSSR count). The van der Waals surface area contributed by atoms with E-state index in [4.69, 9.17) is 14.2 Å². The van der Waals surface area contributed by atoms with E-state index in [0.29, 0.717) is 19.3 Å². The highest BCUT2D eigenvalue weighted by Crippen LogP contribution is 2.15. The summed E-state index contributed by atoms with van der Waals surface area (Å²) < 4.78 is 16.9. The molecule has 0 spiro atoms. The van der Waals surface area contributed by atoms with Crippen LogP contribution in [0.3, 0.4) is 0 Å². The summed E-state index contributed by atoms with van der Waals surface area (Å²) in [4.78, 5) is 38.2. The molecule has 0 aromatic carbocycles. The van der Waals surface area contributed by atoms with Crippen LogP contribution in [0.2, 0.25) is 0 Å². The fourth-order valence-corrected chi connectivity index (χ4v) is 8.09. The average molecular weight is 988 g/mol. The highest BCUT2D eigenvalue weighted by Gasteiger charge is 2.19. The molecule has 6 heteroatoms. The van der Waals surface area contributed by atoms with Gasteiger partial charge in [0.2, 0.25) is 0 Å². The van der Waals surface area contributed by atoms with Crippen molar-refractivity contribution in [3.63, 3.8) is 0 Å². The molecule has 406 valence electrons. The van der Waals surface area contributed by atoms with E-state index in [0.717, 1.165) is 128 Å². The van der Waals surface area contributed by atoms with E-state index in [-0.39, 0.29) is 31.1 Å². The molecular weight excluding hydrogens is 877 g/mol. The van der Waals surface area contributed by atoms with E-state index in [1.54, 1.807) is 0 Å². The average Bonchev–Trinajstić information content (AvgIpc) is 3.37. The van der Waals surface area contributed by atoms with Gasteiger partial charge in [0.25, 0.3) is 0 Å². The minimum Gasteiger partial charge on any atom is -0.462 e. The number of esters is 3. The third-order valence-electron chi connectivity index (χ3n) is 12.5. The van der Waals surface area contributed by atoms with Crippen LogP contribution in [-0.4, -0.2) is 37.2 Å². The Morgan fingerprint density at radius 1 is 0.296 bits per heavy atom. The van der Waals surface area contributed by atoms with Crippen LogP contribution in [0.25, 0.3) is 0 Å². The fourth-order valence-electron chi connectivity index (χ4n) is 8.09. The zero-order valence-corrected chi connectivity index (χ0v) is 46.5. The third-order valence-corrected chi connectivity index (χ3v) is 12.5. The van der Waals surface area contributed by atoms with Crippen LogP contribution in [-0.2, 0) is 28.6 Å². The first-order chi connectivity index (χ1) is 35.0. The summed E-state index contributed by atoms with van der Waals surface area (Å²) >= 11 is 0. The molecular formula is C65H110O6. The maximum atomic E-state index is 12.9. The summed E-state index contributed by atoms with van der Waals surface area (Å²) in [5.74, 6) is -0.914. The van der Waals surface area contributed by atoms with Crippen molar-refractivity contribution < 1.29 is 28.6 Å². The molecule has 0 heterocycles. The van der Waals surface area contributed by atoms with Crippen molar-refractivity contribution in [2.45, 2.75) is 284 Å². The van der Waals surface area contributed by atoms with E-state index in [1.165, 1.54) is 109 Å². The summed E-state index contributed by atoms with van der Waals surface area (Å²) in [5.41, 5.74) is 0. The molecule has 0 saturated carbocycles. The van der Waals surface area contributed by atoms with Gasteiger partial charge in [-0.1, -0.05) is 240 Å². The number of allylic oxidation sites excluding steroid dienone is 16. The second-order valence-corrected chi connectivity index (χ2v) is 19.5. The highest BCUT2D eigenvalue weighted by molar-refractivity contribution is 5.71. The van der Waals surface area contributed by atoms with Crippen molar-refractivity contribution in [3.05, 3.63) is 97.2 Å². The lowest BCUT2D eigenvalue weighted by Gasteiger charge is -2.18. The SMILES string of the molecule is CC/C=C\C/C=C\C/C=C\C/C=C\C/C=C\CCCCCCCCCC(=O)OCC(COC(=O)CCCCCCC/C=C\C/C=C\CCC)OC(=O)CCCCCCCCC/C=C\CCCCCCCC. The number of hydrogen-bond acceptors (Lipinski definition) is 6. The van der Waals surface area contributed by atoms with Crippen molar-refractivity contribution >= 4 is 17.9 Å². The van der Waals surface area contributed by atoms with Crippen molar-refractivity contribution in [1.29, 1.82) is 0 Å². The van der Waals surface area contributed by atoms with E-state index >= 15 is 0 Å². The lowest BCUT2D eigenvalue weighted by Crippen LogP contribution is -2.30. The Bertz CT molecular complexity index is 1410. The Balaban J connectivity index is 4.38. The lowest BCUT2D eigenvalue weighted by atomic mass is 10.1. The van der Waals surface area contributed by atoms with Gasteiger partial charge in [0.05, 0.1) is 0 Å². The van der Waals surface area contributed by atoms with Gasteiger partial charge in [0.15, 0.2) is 6.10 Å². The molecule has 0 aliphatic heterocycles. The fraction of sp³-hybridized carbons (Fsp3) is 0.708. The molecule has 0 aromatic rings. The molecule has 6 nitrogen and oxygen atoms in total. The molecule has 1 atom stereocenters. The van der Waals surface area contributed by atoms with Gasteiger partial charge in [-0.2, -0.15) is 0 Å². The lowest BCUT2D eigenvalue weighted by molar-refractivity contribution is -0.167. The van der Waals surface area contributed by atoms with Gasteiger partial charge in [0.1, 0.15) is 13.2 Å². The number of unbranched alkanes of at least 4 members (excludes halogenated alkanes) is 26. The van der Waals surface area contributed by atoms with Crippen molar-refractivity contribution in [2.24, 2.45) is 0 Å². The molecule has 0 saturated heterocycles. The molecule has 0 aliphatic carbocycles. The van der Waals surface area contributed by atoms with E-state index in [1.807, 2.05) is 0 Å². The quantitative estimate of drug-likeness (QED) is 0.0261. The highest BCUT2D eigenvalue weighted by atomic mass is 16.6. The molecule has 0 amide bonds. The number of rotatable bonds is 53. The Morgan fingerprint density at radius 3 is 0.930 bits per heavy atom. The number of ether oxygens (including phenoxy) is 3. The predicted octanol–water partition coefficient (Wildman–Crippen LogP) is 20.1. The molecule has 0 aliphatic rings. The normalized spacial score (nSPS) is 12.8. The third kappa shape index (κ3) is 57.1. The minimum absolute atomic E-state index is 0.0898. The summed E-state index contributed by atoms with van der Waals surface area (Å²) in [5, 5.41) is 0. The Kier molecular flexibility index (Phi) is 55.9. The molecule has 0 radical (unpaired) electrons. The van der Waals surface area contributed by atoms with Crippen molar-refractivity contribution in [1.82, 2.24) is 0 Å². The Labute approximate surface area is 438 Å². The standard InChI is InChI=1S/C65H110O6/c1-4-7-10-13-16-19-22-25-27-29-30-31-32-33-34-36-37-40-43-46-49-52-55-58-64(67)70-61-62(60-69-63(66)57-54-51-48-45-42-39-24-21-18-15-12-9-6-3)71-65(68)59-56-53-50-47-44-41-38-35-28-26-23-20-17-14-11-8-5-2/h7,10,12,15-16,19,21,24-28,30-31,33-34,62H,4-6,8-9,11,13-14,17-18,20,22-23,29,32,35-61H2,1-3H3/b10-7-,15-12-,19-16-,24-21-,27-25-,28-26-,31-30-,34-33-. The van der Waals surface area contributed by atoms with Crippen molar-refractivity contribution in [3.8, 4) is 0 Å². The summed E-state index contributed by atoms with van der Waals surface area (Å²) in [7, 11) is 0. The van der Waals surface area contributed by atoms with E-state index in [2.05, 4.69) is 118 Å². The summed E-state index contributed by atoms with van der Waals surface area (Å²) in [6.07, 6.45) is 78.2. The molecule has 71 heavy (non-hydrogen) atoms. The number of carbonyl (C=O) groups excluding carboxylic acids is 3. The van der Waals surface area contributed by atoms with Gasteiger partial charge >= 0.3 is 17.9 Å². The summed E-state index contributed by atoms with van der Waals surface area (Å²) in [6, 6.07) is 0. The second-order valence-electron chi connectivity index (χ2n) is 19.5. The van der Waals surface area contributed by atoms with E-state index in [9.17, 15) is 14.4 Å². The van der Waals surface area contributed by atoms with Crippen LogP contribution in [0.15, 0.2) is 97.2 Å². The van der Waals surface area contributed by atoms with Crippen LogP contribution in [0.4, 0.5) is 0 Å². The minimum atomic E-state index is -0.792. The largest absolute Gasteiger partial charge is 0.462 e. The van der Waals surface area contributed by atoms with Crippen LogP contribution >= 0.6 is 0 Å². The van der Waals surface area contributed by atoms with Crippen LogP contribution in [0.5, 0.6) is 0 Å². The van der Waals surface area contributed by atoms with Gasteiger partial charge in [-0.15, -0.1) is 0 Å². The summed E-state index contributed by atoms with van der Waals surface area (Å²) in [6.45, 7) is 6.44. The van der Waals surface area contributed by atoms with Gasteiger partial charge in [-0.05, 0) is 116 Å². The monoisotopic (exact) mass is 987 g/mol. The molecule has 0 N–H and O–H groups in total. The zero-order valence-electron chi connectivity index (χ0n) is 46.5. The van der Waals surface area contributed by atoms with Gasteiger partial charge < -0.3 is 14.2 Å². The topological polar surface area (TPSA) is 78.9 Å². The van der Waals surface area contributed by atoms with Gasteiger partial charge in [0, 0.05) is 19.3 Å². The second kappa shape index (κ2) is 58.9. The van der Waals surface area contributed by atoms with E-state index < -0.39 is 6.10 Å². The maximum absolute atomic E-state index is 12.9. The number of carbonyl (C=O) groups is 3. The number of hydrogen-bond donors (Lipinski definition) is 0. The first kappa shape index (κ1) is 67.3. The predicted molar refractivity (Wildman–Crippen MR) is 307 cm³/mol. The first-order valence-corrected chi connectivity index (χ1v) is 29.7.